The molecule has 0 fully saturated rings. The summed E-state index contributed by atoms with van der Waals surface area (Å²) in [5, 5.41) is 10.9. The van der Waals surface area contributed by atoms with Gasteiger partial charge in [-0.25, -0.2) is 0 Å². The molecule has 0 saturated carbocycles. The molecule has 2 atom stereocenters. The maximum absolute atomic E-state index is 12.1. The van der Waals surface area contributed by atoms with Crippen LogP contribution in [0.3, 0.4) is 0 Å². The quantitative estimate of drug-likeness (QED) is 0.0574. The zero-order valence-electron chi connectivity index (χ0n) is 26.2. The molecule has 0 spiro atoms. The molecule has 0 aromatic carbocycles. The van der Waals surface area contributed by atoms with Crippen LogP contribution in [0.2, 0.25) is 0 Å². The molecular formula is C33H65NO4. The van der Waals surface area contributed by atoms with Crippen molar-refractivity contribution in [2.75, 3.05) is 27.7 Å². The van der Waals surface area contributed by atoms with Crippen molar-refractivity contribution in [1.29, 1.82) is 0 Å². The Morgan fingerprint density at radius 3 is 1.45 bits per heavy atom. The summed E-state index contributed by atoms with van der Waals surface area (Å²) in [5.74, 6) is -0.611. The van der Waals surface area contributed by atoms with Gasteiger partial charge in [-0.2, -0.15) is 0 Å². The van der Waals surface area contributed by atoms with Crippen LogP contribution in [0.25, 0.3) is 0 Å². The van der Waals surface area contributed by atoms with E-state index >= 15 is 0 Å². The fourth-order valence-electron chi connectivity index (χ4n) is 5.31. The minimum atomic E-state index is -1.17. The average molecular weight is 540 g/mol. The molecule has 0 amide bonds. The highest BCUT2D eigenvalue weighted by molar-refractivity contribution is 5.70. The Kier molecular flexibility index (Phi) is 24.2. The van der Waals surface area contributed by atoms with Gasteiger partial charge in [0.25, 0.3) is 0 Å². The maximum atomic E-state index is 12.1. The van der Waals surface area contributed by atoms with Crippen LogP contribution in [0.5, 0.6) is 0 Å². The average Bonchev–Trinajstić information content (AvgIpc) is 2.82. The molecule has 0 rings (SSSR count). The number of carboxylic acid groups (broad SMARTS) is 1. The van der Waals surface area contributed by atoms with E-state index in [1.165, 1.54) is 116 Å². The van der Waals surface area contributed by atoms with Gasteiger partial charge in [-0.1, -0.05) is 142 Å². The lowest BCUT2D eigenvalue weighted by molar-refractivity contribution is -0.873. The van der Waals surface area contributed by atoms with Crippen molar-refractivity contribution in [3.05, 3.63) is 0 Å². The first-order valence-electron chi connectivity index (χ1n) is 16.3. The smallest absolute Gasteiger partial charge is 0.306 e. The van der Waals surface area contributed by atoms with Crippen molar-refractivity contribution in [3.63, 3.8) is 0 Å². The Balaban J connectivity index is 3.52. The highest BCUT2D eigenvalue weighted by Crippen LogP contribution is 2.19. The summed E-state index contributed by atoms with van der Waals surface area (Å²) in [6, 6.07) is 0. The van der Waals surface area contributed by atoms with Crippen molar-refractivity contribution in [2.24, 2.45) is 5.92 Å². The number of hydrogen-bond acceptors (Lipinski definition) is 4. The summed E-state index contributed by atoms with van der Waals surface area (Å²) in [5.41, 5.74) is 0. The summed E-state index contributed by atoms with van der Waals surface area (Å²) >= 11 is 0. The second-order valence-corrected chi connectivity index (χ2v) is 13.0. The van der Waals surface area contributed by atoms with Crippen molar-refractivity contribution < 1.29 is 23.9 Å². The van der Waals surface area contributed by atoms with Gasteiger partial charge >= 0.3 is 5.97 Å². The van der Waals surface area contributed by atoms with Gasteiger partial charge in [0.05, 0.1) is 21.1 Å². The van der Waals surface area contributed by atoms with Crippen LogP contribution in [0, 0.1) is 5.92 Å². The Hall–Kier alpha value is -1.10. The van der Waals surface area contributed by atoms with E-state index in [2.05, 4.69) is 13.8 Å². The molecule has 0 heterocycles. The number of unbranched alkanes of at least 4 members (excludes halogenated alkanes) is 17. The third-order valence-corrected chi connectivity index (χ3v) is 7.57. The molecule has 2 unspecified atom stereocenters. The number of carboxylic acids is 1. The molecule has 0 aliphatic heterocycles. The van der Waals surface area contributed by atoms with Crippen LogP contribution in [-0.4, -0.2) is 50.2 Å². The van der Waals surface area contributed by atoms with E-state index in [1.54, 1.807) is 0 Å². The van der Waals surface area contributed by atoms with Gasteiger partial charge in [-0.3, -0.25) is 4.79 Å². The monoisotopic (exact) mass is 539 g/mol. The Bertz CT molecular complexity index is 558. The van der Waals surface area contributed by atoms with Gasteiger partial charge in [-0.15, -0.1) is 0 Å². The van der Waals surface area contributed by atoms with Gasteiger partial charge < -0.3 is 19.1 Å². The molecule has 5 nitrogen and oxygen atoms in total. The van der Waals surface area contributed by atoms with E-state index in [4.69, 9.17) is 4.74 Å². The standard InChI is InChI=1S/C33H65NO4/c1-6-7-8-9-10-11-12-13-14-15-16-19-22-25-30(2)26-23-20-17-18-21-24-27-33(37)38-31(28-32(35)36)29-34(3,4)5/h30-31H,6-29H2,1-5H3. The molecule has 38 heavy (non-hydrogen) atoms. The van der Waals surface area contributed by atoms with E-state index in [0.29, 0.717) is 17.4 Å². The predicted molar refractivity (Wildman–Crippen MR) is 159 cm³/mol. The molecule has 0 aliphatic rings. The highest BCUT2D eigenvalue weighted by Gasteiger charge is 2.22. The number of esters is 1. The third kappa shape index (κ3) is 27.9. The summed E-state index contributed by atoms with van der Waals surface area (Å²) in [6.07, 6.45) is 27.6. The molecule has 0 aromatic rings. The summed E-state index contributed by atoms with van der Waals surface area (Å²) in [6.45, 7) is 5.17. The molecule has 0 N–H and O–H groups in total. The number of rotatable bonds is 28. The lowest BCUT2D eigenvalue weighted by Crippen LogP contribution is -2.45. The molecule has 5 heteroatoms. The van der Waals surface area contributed by atoms with Gasteiger partial charge in [0.1, 0.15) is 6.54 Å². The minimum Gasteiger partial charge on any atom is -0.550 e. The maximum Gasteiger partial charge on any atom is 0.306 e. The fourth-order valence-corrected chi connectivity index (χ4v) is 5.31. The summed E-state index contributed by atoms with van der Waals surface area (Å²) in [7, 11) is 5.87. The normalized spacial score (nSPS) is 13.4. The SMILES string of the molecule is CCCCCCCCCCCCCCCC(C)CCCCCCCCC(=O)OC(CC(=O)[O-])C[N+](C)(C)C. The van der Waals surface area contributed by atoms with E-state index in [-0.39, 0.29) is 12.4 Å². The molecule has 0 aromatic heterocycles. The van der Waals surface area contributed by atoms with Gasteiger partial charge in [0.2, 0.25) is 0 Å². The molecule has 0 saturated heterocycles. The predicted octanol–water partition coefficient (Wildman–Crippen LogP) is 7.98. The summed E-state index contributed by atoms with van der Waals surface area (Å²) in [4.78, 5) is 23.1. The molecule has 226 valence electrons. The summed E-state index contributed by atoms with van der Waals surface area (Å²) < 4.78 is 5.97. The molecule has 0 bridgehead atoms. The minimum absolute atomic E-state index is 0.237. The largest absolute Gasteiger partial charge is 0.550 e. The zero-order valence-corrected chi connectivity index (χ0v) is 26.2. The van der Waals surface area contributed by atoms with Crippen LogP contribution >= 0.6 is 0 Å². The molecule has 0 radical (unpaired) electrons. The van der Waals surface area contributed by atoms with E-state index < -0.39 is 12.1 Å². The molecular weight excluding hydrogens is 474 g/mol. The number of nitrogens with zero attached hydrogens (tertiary/aromatic N) is 1. The topological polar surface area (TPSA) is 66.4 Å². The van der Waals surface area contributed by atoms with Crippen LogP contribution in [0.15, 0.2) is 0 Å². The highest BCUT2D eigenvalue weighted by atomic mass is 16.5. The second kappa shape index (κ2) is 24.9. The lowest BCUT2D eigenvalue weighted by Gasteiger charge is -2.29. The first-order chi connectivity index (χ1) is 18.1. The lowest BCUT2D eigenvalue weighted by atomic mass is 9.95. The number of ether oxygens (including phenoxy) is 1. The fraction of sp³-hybridized carbons (Fsp3) is 0.939. The van der Waals surface area contributed by atoms with E-state index in [9.17, 15) is 14.7 Å². The first kappa shape index (κ1) is 36.9. The van der Waals surface area contributed by atoms with Crippen molar-refractivity contribution in [2.45, 2.75) is 168 Å². The number of quaternary nitrogens is 1. The van der Waals surface area contributed by atoms with E-state index in [0.717, 1.165) is 25.2 Å². The number of hydrogen-bond donors (Lipinski definition) is 0. The number of carbonyl (C=O) groups is 2. The van der Waals surface area contributed by atoms with Gasteiger partial charge in [0.15, 0.2) is 6.10 Å². The Morgan fingerprint density at radius 1 is 0.658 bits per heavy atom. The first-order valence-corrected chi connectivity index (χ1v) is 16.3. The zero-order chi connectivity index (χ0) is 28.5. The van der Waals surface area contributed by atoms with Crippen molar-refractivity contribution in [3.8, 4) is 0 Å². The molecule has 0 aliphatic carbocycles. The Labute approximate surface area is 237 Å². The Morgan fingerprint density at radius 2 is 1.05 bits per heavy atom. The number of aliphatic carboxylic acids is 1. The number of carbonyl (C=O) groups excluding carboxylic acids is 2. The van der Waals surface area contributed by atoms with Crippen molar-refractivity contribution >= 4 is 11.9 Å². The van der Waals surface area contributed by atoms with Crippen molar-refractivity contribution in [1.82, 2.24) is 0 Å². The van der Waals surface area contributed by atoms with Gasteiger partial charge in [-0.05, 0) is 12.3 Å². The van der Waals surface area contributed by atoms with Crippen LogP contribution < -0.4 is 5.11 Å². The number of likely N-dealkylation sites (N-methyl/N-ethyl adjacent to an activating group) is 1. The van der Waals surface area contributed by atoms with Crippen LogP contribution in [-0.2, 0) is 14.3 Å². The third-order valence-electron chi connectivity index (χ3n) is 7.57. The van der Waals surface area contributed by atoms with E-state index in [1.807, 2.05) is 21.1 Å². The van der Waals surface area contributed by atoms with Crippen LogP contribution in [0.1, 0.15) is 162 Å². The van der Waals surface area contributed by atoms with Crippen LogP contribution in [0.4, 0.5) is 0 Å². The second-order valence-electron chi connectivity index (χ2n) is 13.0. The van der Waals surface area contributed by atoms with Gasteiger partial charge in [0, 0.05) is 18.8 Å².